The maximum atomic E-state index is 5.37. The molecule has 3 heteroatoms. The Labute approximate surface area is 117 Å². The largest absolute Gasteiger partial charge is 0.468 e. The Kier molecular flexibility index (Phi) is 3.61. The van der Waals surface area contributed by atoms with E-state index in [1.165, 1.54) is 0 Å². The molecule has 3 rings (SSSR count). The number of benzene rings is 2. The molecule has 1 aromatic heterocycles. The number of para-hydroxylation sites is 1. The minimum Gasteiger partial charge on any atom is -0.468 e. The van der Waals surface area contributed by atoms with Crippen LogP contribution in [0.3, 0.4) is 0 Å². The van der Waals surface area contributed by atoms with Crippen molar-refractivity contribution in [3.8, 4) is 17.0 Å². The van der Waals surface area contributed by atoms with Gasteiger partial charge >= 0.3 is 0 Å². The van der Waals surface area contributed by atoms with Crippen LogP contribution in [0.15, 0.2) is 60.7 Å². The smallest absolute Gasteiger partial charge is 0.188 e. The molecule has 3 nitrogen and oxygen atoms in total. The van der Waals surface area contributed by atoms with E-state index in [4.69, 9.17) is 9.47 Å². The molecule has 2 aromatic carbocycles. The molecule has 0 unspecified atom stereocenters. The van der Waals surface area contributed by atoms with Gasteiger partial charge in [0.15, 0.2) is 6.79 Å². The Morgan fingerprint density at radius 1 is 0.900 bits per heavy atom. The summed E-state index contributed by atoms with van der Waals surface area (Å²) in [5.74, 6) is 0.788. The summed E-state index contributed by atoms with van der Waals surface area (Å²) in [5, 5.41) is 1.15. The van der Waals surface area contributed by atoms with Crippen LogP contribution >= 0.6 is 0 Å². The van der Waals surface area contributed by atoms with Crippen molar-refractivity contribution in [1.82, 2.24) is 4.98 Å². The summed E-state index contributed by atoms with van der Waals surface area (Å²) in [6, 6.07) is 20.1. The highest BCUT2D eigenvalue weighted by Gasteiger charge is 2.02. The van der Waals surface area contributed by atoms with E-state index in [9.17, 15) is 0 Å². The van der Waals surface area contributed by atoms with Crippen molar-refractivity contribution in [2.45, 2.75) is 0 Å². The Hall–Kier alpha value is -2.39. The van der Waals surface area contributed by atoms with Crippen LogP contribution in [0.4, 0.5) is 0 Å². The van der Waals surface area contributed by atoms with E-state index < -0.39 is 0 Å². The van der Waals surface area contributed by atoms with E-state index in [-0.39, 0.29) is 6.79 Å². The lowest BCUT2D eigenvalue weighted by atomic mass is 10.1. The van der Waals surface area contributed by atoms with Gasteiger partial charge in [0.1, 0.15) is 5.75 Å². The minimum absolute atomic E-state index is 0.258. The van der Waals surface area contributed by atoms with Crippen LogP contribution in [0.2, 0.25) is 0 Å². The average Bonchev–Trinajstić information content (AvgIpc) is 2.53. The monoisotopic (exact) mass is 265 g/mol. The first kappa shape index (κ1) is 12.6. The molecule has 0 amide bonds. The van der Waals surface area contributed by atoms with Gasteiger partial charge in [-0.25, -0.2) is 4.98 Å². The second kappa shape index (κ2) is 5.72. The summed E-state index contributed by atoms with van der Waals surface area (Å²) in [4.78, 5) is 4.67. The average molecular weight is 265 g/mol. The highest BCUT2D eigenvalue weighted by Crippen LogP contribution is 2.23. The first-order valence-electron chi connectivity index (χ1n) is 6.45. The molecule has 0 aliphatic carbocycles. The second-order valence-corrected chi connectivity index (χ2v) is 4.46. The van der Waals surface area contributed by atoms with Gasteiger partial charge in [0, 0.05) is 18.1 Å². The van der Waals surface area contributed by atoms with Crippen molar-refractivity contribution in [3.05, 3.63) is 60.7 Å². The van der Waals surface area contributed by atoms with Crippen molar-refractivity contribution in [2.75, 3.05) is 13.9 Å². The Bertz CT molecular complexity index is 708. The third-order valence-electron chi connectivity index (χ3n) is 3.09. The standard InChI is InChI=1S/C17H15NO2/c1-19-12-20-15-9-6-14(7-10-15)17-11-8-13-4-2-3-5-16(13)18-17/h2-11H,12H2,1H3. The molecule has 0 atom stereocenters. The summed E-state index contributed by atoms with van der Waals surface area (Å²) >= 11 is 0. The number of hydrogen-bond acceptors (Lipinski definition) is 3. The quantitative estimate of drug-likeness (QED) is 0.671. The van der Waals surface area contributed by atoms with Gasteiger partial charge in [-0.1, -0.05) is 24.3 Å². The molecule has 0 bridgehead atoms. The predicted octanol–water partition coefficient (Wildman–Crippen LogP) is 3.88. The summed E-state index contributed by atoms with van der Waals surface area (Å²) < 4.78 is 10.2. The van der Waals surface area contributed by atoms with Gasteiger partial charge in [0.05, 0.1) is 11.2 Å². The molecule has 0 radical (unpaired) electrons. The maximum absolute atomic E-state index is 5.37. The van der Waals surface area contributed by atoms with Gasteiger partial charge in [-0.05, 0) is 36.4 Å². The summed E-state index contributed by atoms with van der Waals surface area (Å²) in [6.07, 6.45) is 0. The molecule has 0 spiro atoms. The Morgan fingerprint density at radius 3 is 2.50 bits per heavy atom. The zero-order valence-electron chi connectivity index (χ0n) is 11.2. The SMILES string of the molecule is COCOc1ccc(-c2ccc3ccccc3n2)cc1. The van der Waals surface area contributed by atoms with Gasteiger partial charge in [0.2, 0.25) is 0 Å². The number of ether oxygens (including phenoxy) is 2. The van der Waals surface area contributed by atoms with Gasteiger partial charge < -0.3 is 9.47 Å². The summed E-state index contributed by atoms with van der Waals surface area (Å²) in [5.41, 5.74) is 3.03. The predicted molar refractivity (Wildman–Crippen MR) is 79.7 cm³/mol. The van der Waals surface area contributed by atoms with Gasteiger partial charge in [0.25, 0.3) is 0 Å². The molecule has 1 heterocycles. The molecule has 0 saturated heterocycles. The van der Waals surface area contributed by atoms with Crippen molar-refractivity contribution in [1.29, 1.82) is 0 Å². The third-order valence-corrected chi connectivity index (χ3v) is 3.09. The number of hydrogen-bond donors (Lipinski definition) is 0. The van der Waals surface area contributed by atoms with Gasteiger partial charge in [-0.3, -0.25) is 0 Å². The maximum Gasteiger partial charge on any atom is 0.188 e. The van der Waals surface area contributed by atoms with E-state index in [1.807, 2.05) is 48.5 Å². The van der Waals surface area contributed by atoms with Crippen LogP contribution in [-0.4, -0.2) is 18.9 Å². The van der Waals surface area contributed by atoms with E-state index in [0.717, 1.165) is 27.9 Å². The normalized spacial score (nSPS) is 10.7. The highest BCUT2D eigenvalue weighted by molar-refractivity contribution is 5.81. The van der Waals surface area contributed by atoms with Gasteiger partial charge in [-0.2, -0.15) is 0 Å². The van der Waals surface area contributed by atoms with Crippen molar-refractivity contribution in [3.63, 3.8) is 0 Å². The fraction of sp³-hybridized carbons (Fsp3) is 0.118. The first-order chi connectivity index (χ1) is 9.86. The van der Waals surface area contributed by atoms with E-state index >= 15 is 0 Å². The Morgan fingerprint density at radius 2 is 1.70 bits per heavy atom. The van der Waals surface area contributed by atoms with Crippen LogP contribution in [-0.2, 0) is 4.74 Å². The first-order valence-corrected chi connectivity index (χ1v) is 6.45. The number of nitrogens with zero attached hydrogens (tertiary/aromatic N) is 1. The zero-order chi connectivity index (χ0) is 13.8. The number of rotatable bonds is 4. The molecule has 0 saturated carbocycles. The van der Waals surface area contributed by atoms with E-state index in [1.54, 1.807) is 7.11 Å². The van der Waals surface area contributed by atoms with Crippen LogP contribution in [0.1, 0.15) is 0 Å². The lowest BCUT2D eigenvalue weighted by molar-refractivity contribution is 0.0511. The van der Waals surface area contributed by atoms with Crippen molar-refractivity contribution in [2.24, 2.45) is 0 Å². The Balaban J connectivity index is 1.90. The summed E-state index contributed by atoms with van der Waals surface area (Å²) in [7, 11) is 1.60. The molecule has 0 aliphatic rings. The number of methoxy groups -OCH3 is 1. The lowest BCUT2D eigenvalue weighted by Crippen LogP contribution is -1.98. The number of fused-ring (bicyclic) bond motifs is 1. The molecule has 0 fully saturated rings. The third kappa shape index (κ3) is 2.63. The van der Waals surface area contributed by atoms with Gasteiger partial charge in [-0.15, -0.1) is 0 Å². The van der Waals surface area contributed by atoms with E-state index in [2.05, 4.69) is 17.1 Å². The summed E-state index contributed by atoms with van der Waals surface area (Å²) in [6.45, 7) is 0.258. The molecule has 20 heavy (non-hydrogen) atoms. The van der Waals surface area contributed by atoms with Crippen LogP contribution in [0, 0.1) is 0 Å². The lowest BCUT2D eigenvalue weighted by Gasteiger charge is -2.06. The zero-order valence-corrected chi connectivity index (χ0v) is 11.2. The molecule has 0 N–H and O–H groups in total. The second-order valence-electron chi connectivity index (χ2n) is 4.46. The van der Waals surface area contributed by atoms with Crippen LogP contribution < -0.4 is 4.74 Å². The number of aromatic nitrogens is 1. The highest BCUT2D eigenvalue weighted by atomic mass is 16.7. The van der Waals surface area contributed by atoms with Crippen LogP contribution in [0.25, 0.3) is 22.2 Å². The fourth-order valence-corrected chi connectivity index (χ4v) is 2.08. The molecule has 100 valence electrons. The molecular formula is C17H15NO2. The molecule has 0 aliphatic heterocycles. The van der Waals surface area contributed by atoms with Crippen molar-refractivity contribution < 1.29 is 9.47 Å². The number of pyridine rings is 1. The fourth-order valence-electron chi connectivity index (χ4n) is 2.08. The van der Waals surface area contributed by atoms with E-state index in [0.29, 0.717) is 0 Å². The topological polar surface area (TPSA) is 31.4 Å². The van der Waals surface area contributed by atoms with Crippen molar-refractivity contribution >= 4 is 10.9 Å². The van der Waals surface area contributed by atoms with Crippen LogP contribution in [0.5, 0.6) is 5.75 Å². The molecular weight excluding hydrogens is 250 g/mol. The molecule has 3 aromatic rings. The minimum atomic E-state index is 0.258.